The average molecular weight is 246 g/mol. The molecule has 0 saturated heterocycles. The summed E-state index contributed by atoms with van der Waals surface area (Å²) in [5.41, 5.74) is 3.19. The third kappa shape index (κ3) is 3.13. The first-order valence-electron chi connectivity index (χ1n) is 6.20. The molecular formula is C15H18O3. The molecule has 1 aliphatic carbocycles. The minimum Gasteiger partial charge on any atom is -0.489 e. The number of carboxylic acids is 1. The van der Waals surface area contributed by atoms with E-state index in [-0.39, 0.29) is 0 Å². The summed E-state index contributed by atoms with van der Waals surface area (Å²) in [6.45, 7) is 4.43. The summed E-state index contributed by atoms with van der Waals surface area (Å²) < 4.78 is 5.75. The maximum Gasteiger partial charge on any atom is 0.328 e. The van der Waals surface area contributed by atoms with Gasteiger partial charge >= 0.3 is 5.97 Å². The molecular weight excluding hydrogens is 228 g/mol. The van der Waals surface area contributed by atoms with Crippen molar-refractivity contribution in [3.8, 4) is 5.75 Å². The lowest BCUT2D eigenvalue weighted by atomic mass is 10.1. The van der Waals surface area contributed by atoms with Crippen LogP contribution in [-0.4, -0.2) is 17.7 Å². The first-order valence-corrected chi connectivity index (χ1v) is 6.20. The summed E-state index contributed by atoms with van der Waals surface area (Å²) in [5.74, 6) is 0.361. The van der Waals surface area contributed by atoms with Crippen molar-refractivity contribution in [3.63, 3.8) is 0 Å². The van der Waals surface area contributed by atoms with Gasteiger partial charge in [-0.1, -0.05) is 12.1 Å². The van der Waals surface area contributed by atoms with Crippen LogP contribution in [0.1, 0.15) is 24.0 Å². The molecule has 0 aromatic heterocycles. The second-order valence-electron chi connectivity index (χ2n) is 4.82. The highest BCUT2D eigenvalue weighted by atomic mass is 16.5. The van der Waals surface area contributed by atoms with E-state index in [1.807, 2.05) is 32.0 Å². The number of ether oxygens (including phenoxy) is 1. The van der Waals surface area contributed by atoms with Gasteiger partial charge in [0.2, 0.25) is 0 Å². The molecule has 96 valence electrons. The fourth-order valence-electron chi connectivity index (χ4n) is 1.93. The summed E-state index contributed by atoms with van der Waals surface area (Å²) in [7, 11) is 0. The zero-order chi connectivity index (χ0) is 13.1. The third-order valence-electron chi connectivity index (χ3n) is 3.36. The normalized spacial score (nSPS) is 15.6. The van der Waals surface area contributed by atoms with E-state index in [1.165, 1.54) is 11.6 Å². The summed E-state index contributed by atoms with van der Waals surface area (Å²) in [6, 6.07) is 5.92. The summed E-state index contributed by atoms with van der Waals surface area (Å²) in [5, 5.41) is 8.82. The first kappa shape index (κ1) is 12.7. The lowest BCUT2D eigenvalue weighted by Crippen LogP contribution is -2.06. The van der Waals surface area contributed by atoms with Crippen molar-refractivity contribution in [2.75, 3.05) is 6.61 Å². The lowest BCUT2D eigenvalue weighted by molar-refractivity contribution is -0.131. The predicted octanol–water partition coefficient (Wildman–Crippen LogP) is 3.10. The monoisotopic (exact) mass is 246 g/mol. The van der Waals surface area contributed by atoms with E-state index in [2.05, 4.69) is 0 Å². The molecule has 0 atom stereocenters. The summed E-state index contributed by atoms with van der Waals surface area (Å²) >= 11 is 0. The highest BCUT2D eigenvalue weighted by Crippen LogP contribution is 2.36. The van der Waals surface area contributed by atoms with Crippen LogP contribution in [0.5, 0.6) is 5.75 Å². The van der Waals surface area contributed by atoms with Gasteiger partial charge in [-0.15, -0.1) is 0 Å². The van der Waals surface area contributed by atoms with Crippen molar-refractivity contribution < 1.29 is 14.6 Å². The molecule has 1 N–H and O–H groups in total. The number of rotatable bonds is 5. The first-order chi connectivity index (χ1) is 8.58. The quantitative estimate of drug-likeness (QED) is 0.812. The Balaban J connectivity index is 2.05. The zero-order valence-corrected chi connectivity index (χ0v) is 10.8. The van der Waals surface area contributed by atoms with Gasteiger partial charge in [-0.2, -0.15) is 0 Å². The van der Waals surface area contributed by atoms with Gasteiger partial charge < -0.3 is 9.84 Å². The molecule has 18 heavy (non-hydrogen) atoms. The van der Waals surface area contributed by atoms with Crippen LogP contribution < -0.4 is 4.74 Å². The predicted molar refractivity (Wildman–Crippen MR) is 69.9 cm³/mol. The number of hydrogen-bond acceptors (Lipinski definition) is 2. The van der Waals surface area contributed by atoms with Gasteiger partial charge in [-0.05, 0) is 55.4 Å². The van der Waals surface area contributed by atoms with E-state index >= 15 is 0 Å². The van der Waals surface area contributed by atoms with Crippen LogP contribution in [0.25, 0.3) is 0 Å². The number of benzene rings is 1. The van der Waals surface area contributed by atoms with Crippen LogP contribution in [0, 0.1) is 19.8 Å². The molecule has 1 fully saturated rings. The minimum atomic E-state index is -0.888. The maximum absolute atomic E-state index is 10.7. The topological polar surface area (TPSA) is 46.5 Å². The van der Waals surface area contributed by atoms with Crippen LogP contribution in [0.15, 0.2) is 29.8 Å². The Bertz CT molecular complexity index is 485. The van der Waals surface area contributed by atoms with Crippen LogP contribution in [0.4, 0.5) is 0 Å². The SMILES string of the molecule is Cc1cccc(OC/C(=C/C(=O)O)C2CC2)c1C. The molecule has 0 amide bonds. The Kier molecular flexibility index (Phi) is 3.70. The Morgan fingerprint density at radius 3 is 2.78 bits per heavy atom. The average Bonchev–Trinajstić information content (AvgIpc) is 3.13. The molecule has 0 spiro atoms. The lowest BCUT2D eigenvalue weighted by Gasteiger charge is -2.12. The van der Waals surface area contributed by atoms with Gasteiger partial charge in [-0.3, -0.25) is 0 Å². The molecule has 1 aromatic carbocycles. The van der Waals surface area contributed by atoms with E-state index in [1.54, 1.807) is 0 Å². The molecule has 0 radical (unpaired) electrons. The summed E-state index contributed by atoms with van der Waals surface area (Å²) in [6.07, 6.45) is 3.45. The Labute approximate surface area is 107 Å². The van der Waals surface area contributed by atoms with Crippen molar-refractivity contribution in [1.82, 2.24) is 0 Å². The molecule has 0 heterocycles. The number of carboxylic acid groups (broad SMARTS) is 1. The van der Waals surface area contributed by atoms with Crippen LogP contribution >= 0.6 is 0 Å². The number of aryl methyl sites for hydroxylation is 1. The molecule has 0 aliphatic heterocycles. The van der Waals surface area contributed by atoms with E-state index in [9.17, 15) is 4.79 Å². The molecule has 1 aromatic rings. The van der Waals surface area contributed by atoms with Gasteiger partial charge in [0.15, 0.2) is 0 Å². The van der Waals surface area contributed by atoms with Crippen LogP contribution in [-0.2, 0) is 4.79 Å². The largest absolute Gasteiger partial charge is 0.489 e. The van der Waals surface area contributed by atoms with Gasteiger partial charge in [0.05, 0.1) is 0 Å². The van der Waals surface area contributed by atoms with E-state index in [4.69, 9.17) is 9.84 Å². The maximum atomic E-state index is 10.7. The Morgan fingerprint density at radius 2 is 2.17 bits per heavy atom. The number of hydrogen-bond donors (Lipinski definition) is 1. The molecule has 2 rings (SSSR count). The molecule has 1 aliphatic rings. The van der Waals surface area contributed by atoms with Crippen LogP contribution in [0.2, 0.25) is 0 Å². The van der Waals surface area contributed by atoms with Gasteiger partial charge in [0.25, 0.3) is 0 Å². The zero-order valence-electron chi connectivity index (χ0n) is 10.8. The highest BCUT2D eigenvalue weighted by molar-refractivity contribution is 5.81. The minimum absolute atomic E-state index is 0.376. The van der Waals surface area contributed by atoms with Crippen LogP contribution in [0.3, 0.4) is 0 Å². The van der Waals surface area contributed by atoms with Crippen molar-refractivity contribution in [2.45, 2.75) is 26.7 Å². The highest BCUT2D eigenvalue weighted by Gasteiger charge is 2.27. The van der Waals surface area contributed by atoms with Gasteiger partial charge in [-0.25, -0.2) is 4.79 Å². The van der Waals surface area contributed by atoms with Crippen molar-refractivity contribution in [1.29, 1.82) is 0 Å². The van der Waals surface area contributed by atoms with Crippen molar-refractivity contribution in [2.24, 2.45) is 5.92 Å². The fraction of sp³-hybridized carbons (Fsp3) is 0.400. The Hall–Kier alpha value is -1.77. The second kappa shape index (κ2) is 5.25. The van der Waals surface area contributed by atoms with Gasteiger partial charge in [0.1, 0.15) is 12.4 Å². The standard InChI is InChI=1S/C15H18O3/c1-10-4-3-5-14(11(10)2)18-9-13(8-15(16)17)12-6-7-12/h3-5,8,12H,6-7,9H2,1-2H3,(H,16,17)/b13-8-. The Morgan fingerprint density at radius 1 is 1.44 bits per heavy atom. The van der Waals surface area contributed by atoms with E-state index < -0.39 is 5.97 Å². The smallest absolute Gasteiger partial charge is 0.328 e. The molecule has 3 nitrogen and oxygen atoms in total. The van der Waals surface area contributed by atoms with Crippen molar-refractivity contribution >= 4 is 5.97 Å². The van der Waals surface area contributed by atoms with E-state index in [0.29, 0.717) is 12.5 Å². The summed E-state index contributed by atoms with van der Waals surface area (Å²) in [4.78, 5) is 10.7. The fourth-order valence-corrected chi connectivity index (χ4v) is 1.93. The third-order valence-corrected chi connectivity index (χ3v) is 3.36. The second-order valence-corrected chi connectivity index (χ2v) is 4.82. The number of aliphatic carboxylic acids is 1. The number of carbonyl (C=O) groups is 1. The molecule has 3 heteroatoms. The van der Waals surface area contributed by atoms with E-state index in [0.717, 1.165) is 29.7 Å². The van der Waals surface area contributed by atoms with Crippen molar-refractivity contribution in [3.05, 3.63) is 41.0 Å². The molecule has 0 bridgehead atoms. The molecule has 0 unspecified atom stereocenters. The van der Waals surface area contributed by atoms with Gasteiger partial charge in [0, 0.05) is 6.08 Å². The molecule has 1 saturated carbocycles.